The summed E-state index contributed by atoms with van der Waals surface area (Å²) in [5, 5.41) is 7.01. The van der Waals surface area contributed by atoms with E-state index in [0.29, 0.717) is 18.3 Å². The first-order valence-electron chi connectivity index (χ1n) is 7.92. The molecule has 0 amide bonds. The highest BCUT2D eigenvalue weighted by Gasteiger charge is 2.00. The monoisotopic (exact) mass is 474 g/mol. The second-order valence-corrected chi connectivity index (χ2v) is 5.67. The molecule has 0 saturated heterocycles. The number of rotatable bonds is 7. The number of benzene rings is 1. The number of halogens is 2. The van der Waals surface area contributed by atoms with Crippen molar-refractivity contribution in [1.29, 1.82) is 0 Å². The van der Waals surface area contributed by atoms with Gasteiger partial charge in [0.25, 0.3) is 0 Å². The van der Waals surface area contributed by atoms with Gasteiger partial charge in [-0.1, -0.05) is 35.9 Å². The van der Waals surface area contributed by atoms with Crippen molar-refractivity contribution in [2.24, 2.45) is 4.99 Å². The maximum absolute atomic E-state index is 5.78. The minimum atomic E-state index is 0. The Morgan fingerprint density at radius 2 is 1.92 bits per heavy atom. The normalized spacial score (nSPS) is 10.8. The number of hydrogen-bond acceptors (Lipinski definition) is 3. The van der Waals surface area contributed by atoms with Gasteiger partial charge in [-0.15, -0.1) is 24.0 Å². The Bertz CT molecular complexity index is 664. The van der Waals surface area contributed by atoms with E-state index in [0.717, 1.165) is 35.8 Å². The van der Waals surface area contributed by atoms with Crippen LogP contribution < -0.4 is 15.4 Å². The summed E-state index contributed by atoms with van der Waals surface area (Å²) in [6.45, 7) is 4.06. The Balaban J connectivity index is 0.00000312. The Morgan fingerprint density at radius 1 is 1.16 bits per heavy atom. The second-order valence-electron chi connectivity index (χ2n) is 5.28. The largest absolute Gasteiger partial charge is 0.491 e. The molecule has 0 saturated carbocycles. The van der Waals surface area contributed by atoms with Gasteiger partial charge in [-0.3, -0.25) is 4.99 Å². The van der Waals surface area contributed by atoms with Crippen LogP contribution in [0.2, 0.25) is 5.15 Å². The molecule has 0 unspecified atom stereocenters. The molecule has 0 fully saturated rings. The quantitative estimate of drug-likeness (QED) is 0.212. The predicted molar refractivity (Wildman–Crippen MR) is 114 cm³/mol. The molecule has 2 N–H and O–H groups in total. The first kappa shape index (κ1) is 21.5. The number of para-hydroxylation sites is 1. The van der Waals surface area contributed by atoms with Crippen molar-refractivity contribution in [2.75, 3.05) is 26.7 Å². The fourth-order valence-corrected chi connectivity index (χ4v) is 2.26. The minimum absolute atomic E-state index is 0. The van der Waals surface area contributed by atoms with Gasteiger partial charge in [0.05, 0.1) is 6.54 Å². The summed E-state index contributed by atoms with van der Waals surface area (Å²) in [6.07, 6.45) is 2.64. The molecule has 0 aliphatic carbocycles. The summed E-state index contributed by atoms with van der Waals surface area (Å²) in [4.78, 5) is 8.27. The van der Waals surface area contributed by atoms with Crippen molar-refractivity contribution in [3.8, 4) is 5.75 Å². The van der Waals surface area contributed by atoms with E-state index in [1.165, 1.54) is 0 Å². The highest BCUT2D eigenvalue weighted by atomic mass is 127. The molecule has 0 spiro atoms. The molecular weight excluding hydrogens is 451 g/mol. The lowest BCUT2D eigenvalue weighted by atomic mass is 10.2. The molecule has 7 heteroatoms. The average molecular weight is 475 g/mol. The first-order chi connectivity index (χ1) is 11.7. The topological polar surface area (TPSA) is 58.5 Å². The third-order valence-corrected chi connectivity index (χ3v) is 3.69. The zero-order chi connectivity index (χ0) is 17.2. The van der Waals surface area contributed by atoms with Crippen LogP contribution in [-0.4, -0.2) is 37.7 Å². The lowest BCUT2D eigenvalue weighted by molar-refractivity contribution is 0.320. The van der Waals surface area contributed by atoms with Crippen LogP contribution in [0.4, 0.5) is 0 Å². The number of guanidine groups is 1. The van der Waals surface area contributed by atoms with Gasteiger partial charge in [-0.05, 0) is 36.6 Å². The Hall–Kier alpha value is -1.54. The Kier molecular flexibility index (Phi) is 10.3. The molecule has 136 valence electrons. The van der Waals surface area contributed by atoms with E-state index >= 15 is 0 Å². The molecule has 0 aliphatic heterocycles. The maximum Gasteiger partial charge on any atom is 0.191 e. The van der Waals surface area contributed by atoms with Crippen LogP contribution in [0, 0.1) is 6.92 Å². The minimum Gasteiger partial charge on any atom is -0.491 e. The van der Waals surface area contributed by atoms with Crippen LogP contribution in [0.25, 0.3) is 0 Å². The number of aliphatic imine (C=N–C) groups is 1. The SMILES string of the molecule is CN=C(NCCOc1ccccc1C)NCCc1ccc(Cl)nc1.I. The van der Waals surface area contributed by atoms with Gasteiger partial charge < -0.3 is 15.4 Å². The van der Waals surface area contributed by atoms with E-state index in [2.05, 4.69) is 20.6 Å². The third-order valence-electron chi connectivity index (χ3n) is 3.46. The van der Waals surface area contributed by atoms with E-state index in [1.807, 2.05) is 37.3 Å². The Morgan fingerprint density at radius 3 is 2.60 bits per heavy atom. The van der Waals surface area contributed by atoms with Crippen LogP contribution in [0.15, 0.2) is 47.6 Å². The van der Waals surface area contributed by atoms with Gasteiger partial charge >= 0.3 is 0 Å². The standard InChI is InChI=1S/C18H23ClN4O.HI/c1-14-5-3-4-6-16(14)24-12-11-22-18(20-2)21-10-9-15-7-8-17(19)23-13-15;/h3-8,13H,9-12H2,1-2H3,(H2,20,21,22);1H. The van der Waals surface area contributed by atoms with Crippen molar-refractivity contribution < 1.29 is 4.74 Å². The zero-order valence-corrected chi connectivity index (χ0v) is 17.5. The number of pyridine rings is 1. The molecule has 1 aromatic heterocycles. The van der Waals surface area contributed by atoms with Crippen LogP contribution in [0.1, 0.15) is 11.1 Å². The van der Waals surface area contributed by atoms with Gasteiger partial charge in [0.15, 0.2) is 5.96 Å². The van der Waals surface area contributed by atoms with Crippen molar-refractivity contribution in [3.63, 3.8) is 0 Å². The molecule has 25 heavy (non-hydrogen) atoms. The van der Waals surface area contributed by atoms with Crippen molar-refractivity contribution in [1.82, 2.24) is 15.6 Å². The van der Waals surface area contributed by atoms with Gasteiger partial charge in [-0.2, -0.15) is 0 Å². The van der Waals surface area contributed by atoms with Gasteiger partial charge in [0.1, 0.15) is 17.5 Å². The van der Waals surface area contributed by atoms with Crippen LogP contribution in [0.5, 0.6) is 5.75 Å². The summed E-state index contributed by atoms with van der Waals surface area (Å²) in [7, 11) is 1.75. The van der Waals surface area contributed by atoms with Crippen LogP contribution in [-0.2, 0) is 6.42 Å². The summed E-state index contributed by atoms with van der Waals surface area (Å²) in [5.41, 5.74) is 2.27. The lowest BCUT2D eigenvalue weighted by Gasteiger charge is -2.13. The molecule has 0 bridgehead atoms. The number of ether oxygens (including phenoxy) is 1. The van der Waals surface area contributed by atoms with E-state index in [-0.39, 0.29) is 24.0 Å². The van der Waals surface area contributed by atoms with Crippen LogP contribution in [0.3, 0.4) is 0 Å². The average Bonchev–Trinajstić information content (AvgIpc) is 2.60. The molecule has 0 atom stereocenters. The molecular formula is C18H24ClIN4O. The number of nitrogens with zero attached hydrogens (tertiary/aromatic N) is 2. The predicted octanol–water partition coefficient (Wildman–Crippen LogP) is 3.45. The van der Waals surface area contributed by atoms with Gasteiger partial charge in [0.2, 0.25) is 0 Å². The summed E-state index contributed by atoms with van der Waals surface area (Å²) in [5.74, 6) is 1.67. The molecule has 1 aromatic carbocycles. The van der Waals surface area contributed by atoms with Crippen molar-refractivity contribution in [3.05, 3.63) is 58.9 Å². The van der Waals surface area contributed by atoms with Crippen molar-refractivity contribution >= 4 is 41.5 Å². The van der Waals surface area contributed by atoms with Gasteiger partial charge in [-0.25, -0.2) is 4.98 Å². The molecule has 0 radical (unpaired) electrons. The highest BCUT2D eigenvalue weighted by molar-refractivity contribution is 14.0. The molecule has 1 heterocycles. The fourth-order valence-electron chi connectivity index (χ4n) is 2.15. The van der Waals surface area contributed by atoms with Crippen LogP contribution >= 0.6 is 35.6 Å². The molecule has 2 aromatic rings. The lowest BCUT2D eigenvalue weighted by Crippen LogP contribution is -2.40. The van der Waals surface area contributed by atoms with E-state index in [9.17, 15) is 0 Å². The number of nitrogens with one attached hydrogen (secondary N) is 2. The summed E-state index contributed by atoms with van der Waals surface area (Å²) in [6, 6.07) is 11.8. The maximum atomic E-state index is 5.78. The molecule has 0 aliphatic rings. The zero-order valence-electron chi connectivity index (χ0n) is 14.5. The smallest absolute Gasteiger partial charge is 0.191 e. The van der Waals surface area contributed by atoms with Gasteiger partial charge in [0, 0.05) is 19.8 Å². The molecule has 5 nitrogen and oxygen atoms in total. The first-order valence-corrected chi connectivity index (χ1v) is 8.30. The molecule has 2 rings (SSSR count). The van der Waals surface area contributed by atoms with E-state index < -0.39 is 0 Å². The Labute approximate surface area is 171 Å². The van der Waals surface area contributed by atoms with E-state index in [4.69, 9.17) is 16.3 Å². The second kappa shape index (κ2) is 11.9. The number of aromatic nitrogens is 1. The fraction of sp³-hybridized carbons (Fsp3) is 0.333. The summed E-state index contributed by atoms with van der Waals surface area (Å²) >= 11 is 5.78. The van der Waals surface area contributed by atoms with E-state index in [1.54, 1.807) is 19.3 Å². The van der Waals surface area contributed by atoms with Crippen molar-refractivity contribution in [2.45, 2.75) is 13.3 Å². The highest BCUT2D eigenvalue weighted by Crippen LogP contribution is 2.15. The number of hydrogen-bond donors (Lipinski definition) is 2. The number of aryl methyl sites for hydroxylation is 1. The third kappa shape index (κ3) is 7.92. The summed E-state index contributed by atoms with van der Waals surface area (Å²) < 4.78 is 5.75.